The molecular weight excluding hydrogens is 264 g/mol. The first-order chi connectivity index (χ1) is 10.0. The van der Waals surface area contributed by atoms with Crippen molar-refractivity contribution in [1.82, 2.24) is 0 Å². The standard InChI is InChI=1S/C18H18O3/c1-13-2-4-14(5-3-13)6-9-16(19)10-7-15-8-11-17(20)18(21)12-15/h2-5,7-8,10-12,20-21H,6,9H2,1H3/b10-7+. The second kappa shape index (κ2) is 6.75. The van der Waals surface area contributed by atoms with Crippen LogP contribution in [0.1, 0.15) is 23.1 Å². The van der Waals surface area contributed by atoms with Crippen molar-refractivity contribution < 1.29 is 15.0 Å². The summed E-state index contributed by atoms with van der Waals surface area (Å²) < 4.78 is 0. The van der Waals surface area contributed by atoms with Gasteiger partial charge in [-0.05, 0) is 42.7 Å². The van der Waals surface area contributed by atoms with Crippen molar-refractivity contribution in [3.8, 4) is 11.5 Å². The first-order valence-corrected chi connectivity index (χ1v) is 6.83. The normalized spacial score (nSPS) is 10.9. The zero-order valence-electron chi connectivity index (χ0n) is 11.9. The van der Waals surface area contributed by atoms with Crippen molar-refractivity contribution in [3.05, 3.63) is 65.2 Å². The van der Waals surface area contributed by atoms with Crippen LogP contribution in [0.4, 0.5) is 0 Å². The molecule has 2 rings (SSSR count). The molecule has 0 aliphatic heterocycles. The summed E-state index contributed by atoms with van der Waals surface area (Å²) in [6.07, 6.45) is 4.30. The zero-order chi connectivity index (χ0) is 15.2. The quantitative estimate of drug-likeness (QED) is 0.650. The summed E-state index contributed by atoms with van der Waals surface area (Å²) >= 11 is 0. The van der Waals surface area contributed by atoms with E-state index < -0.39 is 0 Å². The fourth-order valence-electron chi connectivity index (χ4n) is 1.94. The minimum atomic E-state index is -0.191. The average molecular weight is 282 g/mol. The number of hydrogen-bond acceptors (Lipinski definition) is 3. The summed E-state index contributed by atoms with van der Waals surface area (Å²) in [6.45, 7) is 2.03. The molecule has 0 spiro atoms. The highest BCUT2D eigenvalue weighted by molar-refractivity contribution is 5.93. The molecule has 0 amide bonds. The summed E-state index contributed by atoms with van der Waals surface area (Å²) in [5.74, 6) is -0.328. The van der Waals surface area contributed by atoms with Crippen molar-refractivity contribution in [2.24, 2.45) is 0 Å². The van der Waals surface area contributed by atoms with E-state index in [1.165, 1.54) is 23.8 Å². The average Bonchev–Trinajstić information content (AvgIpc) is 2.48. The Hall–Kier alpha value is -2.55. The molecular formula is C18H18O3. The van der Waals surface area contributed by atoms with Crippen LogP contribution in [0.2, 0.25) is 0 Å². The number of phenols is 2. The van der Waals surface area contributed by atoms with Gasteiger partial charge in [-0.15, -0.1) is 0 Å². The lowest BCUT2D eigenvalue weighted by atomic mass is 10.1. The molecule has 0 aliphatic carbocycles. The molecule has 0 saturated carbocycles. The van der Waals surface area contributed by atoms with Gasteiger partial charge in [0.15, 0.2) is 17.3 Å². The number of benzene rings is 2. The highest BCUT2D eigenvalue weighted by Crippen LogP contribution is 2.25. The van der Waals surface area contributed by atoms with Crippen LogP contribution in [0.15, 0.2) is 48.5 Å². The molecule has 2 N–H and O–H groups in total. The van der Waals surface area contributed by atoms with Crippen molar-refractivity contribution in [1.29, 1.82) is 0 Å². The van der Waals surface area contributed by atoms with Crippen LogP contribution in [0.25, 0.3) is 6.08 Å². The third-order valence-corrected chi connectivity index (χ3v) is 3.24. The number of carbonyl (C=O) groups excluding carboxylic acids is 1. The van der Waals surface area contributed by atoms with E-state index in [1.807, 2.05) is 31.2 Å². The molecule has 21 heavy (non-hydrogen) atoms. The number of phenolic OH excluding ortho intramolecular Hbond substituents is 2. The molecule has 0 atom stereocenters. The zero-order valence-corrected chi connectivity index (χ0v) is 11.9. The topological polar surface area (TPSA) is 57.5 Å². The Labute approximate surface area is 124 Å². The molecule has 0 radical (unpaired) electrons. The maximum absolute atomic E-state index is 11.8. The minimum absolute atomic E-state index is 0.0307. The number of aryl methyl sites for hydroxylation is 2. The van der Waals surface area contributed by atoms with Gasteiger partial charge in [-0.25, -0.2) is 0 Å². The van der Waals surface area contributed by atoms with Gasteiger partial charge >= 0.3 is 0 Å². The van der Waals surface area contributed by atoms with Gasteiger partial charge in [-0.2, -0.15) is 0 Å². The number of aromatic hydroxyl groups is 2. The number of ketones is 1. The number of carbonyl (C=O) groups is 1. The molecule has 0 aliphatic rings. The molecule has 0 saturated heterocycles. The molecule has 0 aromatic heterocycles. The third kappa shape index (κ3) is 4.49. The van der Waals surface area contributed by atoms with E-state index in [2.05, 4.69) is 0 Å². The van der Waals surface area contributed by atoms with Crippen LogP contribution in [-0.4, -0.2) is 16.0 Å². The Balaban J connectivity index is 1.90. The minimum Gasteiger partial charge on any atom is -0.504 e. The highest BCUT2D eigenvalue weighted by Gasteiger charge is 2.01. The molecule has 3 heteroatoms. The van der Waals surface area contributed by atoms with Crippen molar-refractivity contribution in [2.75, 3.05) is 0 Å². The van der Waals surface area contributed by atoms with Crippen LogP contribution in [0.3, 0.4) is 0 Å². The molecule has 2 aromatic carbocycles. The van der Waals surface area contributed by atoms with Gasteiger partial charge in [-0.1, -0.05) is 42.0 Å². The monoisotopic (exact) mass is 282 g/mol. The number of hydrogen-bond donors (Lipinski definition) is 2. The predicted octanol–water partition coefficient (Wildman–Crippen LogP) is 3.62. The van der Waals surface area contributed by atoms with E-state index in [4.69, 9.17) is 0 Å². The van der Waals surface area contributed by atoms with Crippen LogP contribution in [-0.2, 0) is 11.2 Å². The molecule has 108 valence electrons. The smallest absolute Gasteiger partial charge is 0.157 e. The second-order valence-corrected chi connectivity index (χ2v) is 5.03. The van der Waals surface area contributed by atoms with Gasteiger partial charge in [-0.3, -0.25) is 4.79 Å². The lowest BCUT2D eigenvalue weighted by Crippen LogP contribution is -1.96. The van der Waals surface area contributed by atoms with E-state index in [0.717, 1.165) is 5.56 Å². The Morgan fingerprint density at radius 1 is 1.05 bits per heavy atom. The molecule has 0 heterocycles. The highest BCUT2D eigenvalue weighted by atomic mass is 16.3. The Bertz CT molecular complexity index is 655. The molecule has 2 aromatic rings. The summed E-state index contributed by atoms with van der Waals surface area (Å²) in [6, 6.07) is 12.6. The summed E-state index contributed by atoms with van der Waals surface area (Å²) in [7, 11) is 0. The van der Waals surface area contributed by atoms with Crippen LogP contribution in [0.5, 0.6) is 11.5 Å². The molecule has 0 bridgehead atoms. The van der Waals surface area contributed by atoms with E-state index >= 15 is 0 Å². The van der Waals surface area contributed by atoms with Crippen LogP contribution in [0, 0.1) is 6.92 Å². The third-order valence-electron chi connectivity index (χ3n) is 3.24. The van der Waals surface area contributed by atoms with Crippen molar-refractivity contribution in [2.45, 2.75) is 19.8 Å². The molecule has 0 unspecified atom stereocenters. The largest absolute Gasteiger partial charge is 0.504 e. The van der Waals surface area contributed by atoms with E-state index in [0.29, 0.717) is 18.4 Å². The summed E-state index contributed by atoms with van der Waals surface area (Å²) in [5.41, 5.74) is 3.02. The first-order valence-electron chi connectivity index (χ1n) is 6.83. The van der Waals surface area contributed by atoms with Gasteiger partial charge in [0.25, 0.3) is 0 Å². The number of allylic oxidation sites excluding steroid dienone is 1. The van der Waals surface area contributed by atoms with Crippen molar-refractivity contribution >= 4 is 11.9 Å². The second-order valence-electron chi connectivity index (χ2n) is 5.03. The maximum Gasteiger partial charge on any atom is 0.157 e. The lowest BCUT2D eigenvalue weighted by Gasteiger charge is -2.00. The molecule has 3 nitrogen and oxygen atoms in total. The lowest BCUT2D eigenvalue weighted by molar-refractivity contribution is -0.114. The Morgan fingerprint density at radius 3 is 2.43 bits per heavy atom. The van der Waals surface area contributed by atoms with Crippen LogP contribution >= 0.6 is 0 Å². The van der Waals surface area contributed by atoms with Gasteiger partial charge in [0, 0.05) is 6.42 Å². The summed E-state index contributed by atoms with van der Waals surface area (Å²) in [4.78, 5) is 11.8. The van der Waals surface area contributed by atoms with Gasteiger partial charge in [0.2, 0.25) is 0 Å². The SMILES string of the molecule is Cc1ccc(CCC(=O)/C=C/c2ccc(O)c(O)c2)cc1. The predicted molar refractivity (Wildman–Crippen MR) is 83.3 cm³/mol. The van der Waals surface area contributed by atoms with Crippen molar-refractivity contribution in [3.63, 3.8) is 0 Å². The fourth-order valence-corrected chi connectivity index (χ4v) is 1.94. The molecule has 0 fully saturated rings. The Kier molecular flexibility index (Phi) is 4.77. The first kappa shape index (κ1) is 14.9. The Morgan fingerprint density at radius 2 is 1.76 bits per heavy atom. The van der Waals surface area contributed by atoms with E-state index in [9.17, 15) is 15.0 Å². The van der Waals surface area contributed by atoms with E-state index in [1.54, 1.807) is 12.1 Å². The van der Waals surface area contributed by atoms with E-state index in [-0.39, 0.29) is 17.3 Å². The van der Waals surface area contributed by atoms with Gasteiger partial charge in [0.05, 0.1) is 0 Å². The summed E-state index contributed by atoms with van der Waals surface area (Å²) in [5, 5.41) is 18.6. The fraction of sp³-hybridized carbons (Fsp3) is 0.167. The number of rotatable bonds is 5. The van der Waals surface area contributed by atoms with Gasteiger partial charge in [0.1, 0.15) is 0 Å². The van der Waals surface area contributed by atoms with Gasteiger partial charge < -0.3 is 10.2 Å². The maximum atomic E-state index is 11.8. The van der Waals surface area contributed by atoms with Crippen LogP contribution < -0.4 is 0 Å².